The highest BCUT2D eigenvalue weighted by molar-refractivity contribution is 7.90. The number of nitrogens with zero attached hydrogens (tertiary/aromatic N) is 4. The van der Waals surface area contributed by atoms with Gasteiger partial charge in [0.2, 0.25) is 17.8 Å². The maximum absolute atomic E-state index is 13.6. The summed E-state index contributed by atoms with van der Waals surface area (Å²) in [6.07, 6.45) is 6.37. The molecule has 5 amide bonds. The molecule has 0 bridgehead atoms. The number of benzene rings is 1. The third kappa shape index (κ3) is 9.99. The van der Waals surface area contributed by atoms with Gasteiger partial charge in [-0.1, -0.05) is 0 Å². The zero-order valence-corrected chi connectivity index (χ0v) is 36.0. The lowest BCUT2D eigenvalue weighted by Gasteiger charge is -2.35. The van der Waals surface area contributed by atoms with Crippen LogP contribution in [0, 0.1) is 20.8 Å². The van der Waals surface area contributed by atoms with Crippen molar-refractivity contribution in [1.29, 1.82) is 0 Å². The highest BCUT2D eigenvalue weighted by atomic mass is 32.2. The quantitative estimate of drug-likeness (QED) is 0.0558. The molecule has 0 spiro atoms. The zero-order valence-electron chi connectivity index (χ0n) is 35.2. The van der Waals surface area contributed by atoms with Crippen molar-refractivity contribution in [3.8, 4) is 5.75 Å². The number of aliphatic imine (C=N–C) groups is 1. The molecule has 4 heterocycles. The van der Waals surface area contributed by atoms with Gasteiger partial charge in [0.25, 0.3) is 27.7 Å². The smallest absolute Gasteiger partial charge is 0.272 e. The van der Waals surface area contributed by atoms with Gasteiger partial charge in [0.15, 0.2) is 0 Å². The molecule has 3 aromatic heterocycles. The molecule has 9 N–H and O–H groups in total. The highest BCUT2D eigenvalue weighted by Crippen LogP contribution is 2.42. The van der Waals surface area contributed by atoms with Crippen molar-refractivity contribution in [3.05, 3.63) is 76.1 Å². The van der Waals surface area contributed by atoms with Crippen molar-refractivity contribution in [2.75, 3.05) is 22.5 Å². The molecule has 0 saturated carbocycles. The molecule has 322 valence electrons. The second-order valence-electron chi connectivity index (χ2n) is 15.6. The standard InChI is InChI=1S/C40H53N11O8S/c1-21-22(2)34(23(3)28-12-13-40(5,6)59-33(21)28)60(57,58)48-39(42)43-14-10-11-29(35(41)53)47-38(56)32-17-27(20-51(32)9)46-37(55)31-16-26(19-50(31)8)45-36(54)30-15-25(18-49(30)7)44-24(4)52/h15-20,29H,10-14H2,1-9H3,(H2,41,53)(H,44,52)(H,45,54)(H,46,55)(H,47,56)(H3,42,43,48)/t29-/m0/s1. The molecule has 0 aliphatic carbocycles. The number of aryl methyl sites for hydroxylation is 3. The van der Waals surface area contributed by atoms with Crippen LogP contribution in [0.1, 0.15) is 93.8 Å². The molecule has 0 radical (unpaired) electrons. The van der Waals surface area contributed by atoms with E-state index in [0.29, 0.717) is 34.7 Å². The number of rotatable bonds is 14. The lowest BCUT2D eigenvalue weighted by molar-refractivity contribution is -0.120. The summed E-state index contributed by atoms with van der Waals surface area (Å²) in [7, 11) is 0.762. The van der Waals surface area contributed by atoms with Gasteiger partial charge in [-0.25, -0.2) is 13.1 Å². The average molecular weight is 848 g/mol. The Hall–Kier alpha value is -6.57. The average Bonchev–Trinajstić information content (AvgIpc) is 3.81. The van der Waals surface area contributed by atoms with Crippen molar-refractivity contribution in [2.24, 2.45) is 37.6 Å². The van der Waals surface area contributed by atoms with E-state index in [1.807, 2.05) is 20.8 Å². The van der Waals surface area contributed by atoms with Crippen molar-refractivity contribution in [1.82, 2.24) is 23.7 Å². The Labute approximate surface area is 348 Å². The van der Waals surface area contributed by atoms with Gasteiger partial charge in [-0.3, -0.25) is 29.0 Å². The zero-order chi connectivity index (χ0) is 44.4. The molecule has 20 heteroatoms. The molecule has 60 heavy (non-hydrogen) atoms. The summed E-state index contributed by atoms with van der Waals surface area (Å²) in [6, 6.07) is 3.34. The van der Waals surface area contributed by atoms with Crippen LogP contribution in [-0.4, -0.2) is 75.8 Å². The summed E-state index contributed by atoms with van der Waals surface area (Å²) < 4.78 is 40.2. The van der Waals surface area contributed by atoms with Crippen LogP contribution in [-0.2, 0) is 47.2 Å². The molecular weight excluding hydrogens is 795 g/mol. The van der Waals surface area contributed by atoms with Crippen LogP contribution in [0.3, 0.4) is 0 Å². The molecule has 1 aliphatic rings. The summed E-state index contributed by atoms with van der Waals surface area (Å²) in [5.74, 6) is -2.31. The number of guanidine groups is 1. The van der Waals surface area contributed by atoms with Gasteiger partial charge >= 0.3 is 0 Å². The highest BCUT2D eigenvalue weighted by Gasteiger charge is 2.34. The Morgan fingerprint density at radius 3 is 1.80 bits per heavy atom. The molecule has 1 atom stereocenters. The van der Waals surface area contributed by atoms with E-state index in [9.17, 15) is 32.4 Å². The van der Waals surface area contributed by atoms with Gasteiger partial charge in [0.1, 0.15) is 34.5 Å². The fraction of sp³-hybridized carbons (Fsp3) is 0.400. The van der Waals surface area contributed by atoms with E-state index < -0.39 is 39.7 Å². The molecule has 0 fully saturated rings. The number of aromatic nitrogens is 3. The van der Waals surface area contributed by atoms with Crippen molar-refractivity contribution < 1.29 is 37.1 Å². The Morgan fingerprint density at radius 1 is 0.800 bits per heavy atom. The van der Waals surface area contributed by atoms with E-state index in [1.54, 1.807) is 52.0 Å². The number of nitrogens with two attached hydrogens (primary N) is 2. The number of ether oxygens (including phenoxy) is 1. The minimum absolute atomic E-state index is 0.0225. The van der Waals surface area contributed by atoms with E-state index in [1.165, 1.54) is 40.5 Å². The van der Waals surface area contributed by atoms with Gasteiger partial charge in [0.05, 0.1) is 22.0 Å². The van der Waals surface area contributed by atoms with E-state index in [2.05, 4.69) is 31.0 Å². The molecule has 5 rings (SSSR count). The fourth-order valence-electron chi connectivity index (χ4n) is 7.15. The Morgan fingerprint density at radius 2 is 1.30 bits per heavy atom. The predicted octanol–water partition coefficient (Wildman–Crippen LogP) is 2.85. The van der Waals surface area contributed by atoms with Gasteiger partial charge in [-0.2, -0.15) is 0 Å². The minimum Gasteiger partial charge on any atom is -0.487 e. The topological polar surface area (TPSA) is 268 Å². The molecule has 1 aromatic carbocycles. The molecule has 19 nitrogen and oxygen atoms in total. The second kappa shape index (κ2) is 17.3. The fourth-order valence-corrected chi connectivity index (χ4v) is 8.68. The largest absolute Gasteiger partial charge is 0.487 e. The first kappa shape index (κ1) is 44.5. The van der Waals surface area contributed by atoms with Crippen LogP contribution < -0.4 is 42.2 Å². The van der Waals surface area contributed by atoms with Crippen LogP contribution in [0.15, 0.2) is 46.7 Å². The summed E-state index contributed by atoms with van der Waals surface area (Å²) in [5, 5.41) is 10.7. The van der Waals surface area contributed by atoms with Crippen LogP contribution in [0.2, 0.25) is 0 Å². The first-order valence-electron chi connectivity index (χ1n) is 19.1. The number of amides is 5. The first-order valence-corrected chi connectivity index (χ1v) is 20.6. The molecule has 1 aliphatic heterocycles. The number of anilines is 3. The van der Waals surface area contributed by atoms with Gasteiger partial charge in [-0.05, 0) is 101 Å². The lowest BCUT2D eigenvalue weighted by atomic mass is 9.88. The third-order valence-electron chi connectivity index (χ3n) is 10.3. The Balaban J connectivity index is 1.16. The lowest BCUT2D eigenvalue weighted by Crippen LogP contribution is -2.45. The van der Waals surface area contributed by atoms with Crippen LogP contribution in [0.4, 0.5) is 17.1 Å². The molecule has 0 saturated heterocycles. The number of fused-ring (bicyclic) bond motifs is 1. The number of hydrogen-bond acceptors (Lipinski definition) is 9. The number of sulfonamides is 1. The number of carbonyl (C=O) groups excluding carboxylic acids is 5. The van der Waals surface area contributed by atoms with E-state index in [-0.39, 0.29) is 64.5 Å². The van der Waals surface area contributed by atoms with Crippen LogP contribution >= 0.6 is 0 Å². The van der Waals surface area contributed by atoms with Crippen LogP contribution in [0.25, 0.3) is 0 Å². The maximum Gasteiger partial charge on any atom is 0.272 e. The van der Waals surface area contributed by atoms with Crippen molar-refractivity contribution in [2.45, 2.75) is 83.8 Å². The summed E-state index contributed by atoms with van der Waals surface area (Å²) in [6.45, 7) is 10.7. The van der Waals surface area contributed by atoms with E-state index in [4.69, 9.17) is 16.2 Å². The summed E-state index contributed by atoms with van der Waals surface area (Å²) in [5.41, 5.74) is 15.7. The summed E-state index contributed by atoms with van der Waals surface area (Å²) >= 11 is 0. The normalized spacial score (nSPS) is 14.1. The van der Waals surface area contributed by atoms with Gasteiger partial charge in [0, 0.05) is 53.2 Å². The van der Waals surface area contributed by atoms with E-state index in [0.717, 1.165) is 17.5 Å². The van der Waals surface area contributed by atoms with Gasteiger partial charge < -0.3 is 51.2 Å². The maximum atomic E-state index is 13.6. The van der Waals surface area contributed by atoms with Crippen molar-refractivity contribution in [3.63, 3.8) is 0 Å². The Kier molecular flexibility index (Phi) is 12.9. The number of primary amides is 1. The molecule has 4 aromatic rings. The Bertz CT molecular complexity index is 2530. The SMILES string of the molecule is CC(=O)Nc1cc(C(=O)Nc2cc(C(=O)Nc3cc(C(=O)N[C@@H](CCCN=C(N)NS(=O)(=O)c4c(C)c(C)c5c(c4C)CCC(C)(C)O5)C(N)=O)n(C)c3)n(C)c2)n(C)c1. The third-order valence-corrected chi connectivity index (χ3v) is 11.9. The molecular formula is C40H53N11O8S. The predicted molar refractivity (Wildman–Crippen MR) is 227 cm³/mol. The minimum atomic E-state index is -4.11. The van der Waals surface area contributed by atoms with E-state index >= 15 is 0 Å². The summed E-state index contributed by atoms with van der Waals surface area (Å²) in [4.78, 5) is 67.5. The second-order valence-corrected chi connectivity index (χ2v) is 17.2. The number of carbonyl (C=O) groups is 5. The molecule has 0 unspecified atom stereocenters. The number of nitrogens with one attached hydrogen (secondary N) is 5. The van der Waals surface area contributed by atoms with Gasteiger partial charge in [-0.15, -0.1) is 0 Å². The number of hydrogen-bond donors (Lipinski definition) is 7. The van der Waals surface area contributed by atoms with Crippen molar-refractivity contribution >= 4 is 62.6 Å². The van der Waals surface area contributed by atoms with Crippen LogP contribution in [0.5, 0.6) is 5.75 Å². The monoisotopic (exact) mass is 847 g/mol. The first-order chi connectivity index (χ1) is 28.0.